The van der Waals surface area contributed by atoms with Gasteiger partial charge in [-0.15, -0.1) is 0 Å². The molecule has 0 aliphatic rings. The van der Waals surface area contributed by atoms with Crippen LogP contribution in [0, 0.1) is 0 Å². The maximum atomic E-state index is 12.1. The topological polar surface area (TPSA) is 85.4 Å². The molecule has 27 heavy (non-hydrogen) atoms. The minimum Gasteiger partial charge on any atom is -0.494 e. The lowest BCUT2D eigenvalue weighted by molar-refractivity contribution is 0.191. The number of hydrogen-bond acceptors (Lipinski definition) is 6. The summed E-state index contributed by atoms with van der Waals surface area (Å²) in [6.07, 6.45) is 0.960. The normalized spacial score (nSPS) is 10.9. The number of aromatic nitrogens is 2. The van der Waals surface area contributed by atoms with Crippen molar-refractivity contribution in [2.75, 3.05) is 11.9 Å². The highest BCUT2D eigenvalue weighted by Crippen LogP contribution is 2.31. The van der Waals surface area contributed by atoms with Crippen molar-refractivity contribution >= 4 is 35.0 Å². The average molecular weight is 391 g/mol. The first kappa shape index (κ1) is 20.5. The Morgan fingerprint density at radius 1 is 1.30 bits per heavy atom. The number of halogens is 1. The van der Waals surface area contributed by atoms with Crippen LogP contribution in [0.2, 0.25) is 5.28 Å². The van der Waals surface area contributed by atoms with Crippen LogP contribution in [0.15, 0.2) is 37.0 Å². The highest BCUT2D eigenvalue weighted by atomic mass is 35.5. The number of hydrogen-bond donors (Lipinski definition) is 2. The molecule has 0 unspecified atom stereocenters. The fourth-order valence-corrected chi connectivity index (χ4v) is 2.26. The number of para-hydroxylation sites is 2. The molecule has 7 nitrogen and oxygen atoms in total. The molecule has 2 rings (SSSR count). The Hall–Kier alpha value is -2.80. The van der Waals surface area contributed by atoms with Gasteiger partial charge in [-0.1, -0.05) is 18.7 Å². The van der Waals surface area contributed by atoms with Crippen LogP contribution in [-0.4, -0.2) is 28.2 Å². The van der Waals surface area contributed by atoms with E-state index in [9.17, 15) is 4.79 Å². The zero-order valence-corrected chi connectivity index (χ0v) is 16.6. The van der Waals surface area contributed by atoms with Crippen LogP contribution in [-0.2, 0) is 4.74 Å². The molecule has 0 aliphatic heterocycles. The number of amides is 1. The van der Waals surface area contributed by atoms with E-state index in [2.05, 4.69) is 27.2 Å². The minimum absolute atomic E-state index is 0.0643. The van der Waals surface area contributed by atoms with Crippen LogP contribution >= 0.6 is 11.6 Å². The largest absolute Gasteiger partial charge is 0.494 e. The van der Waals surface area contributed by atoms with Gasteiger partial charge >= 0.3 is 6.09 Å². The summed E-state index contributed by atoms with van der Waals surface area (Å²) in [5, 5.41) is 5.92. The summed E-state index contributed by atoms with van der Waals surface area (Å²) in [6.45, 7) is 11.8. The van der Waals surface area contributed by atoms with Gasteiger partial charge in [-0.2, -0.15) is 4.98 Å². The lowest BCUT2D eigenvalue weighted by atomic mass is 10.1. The summed E-state index contributed by atoms with van der Waals surface area (Å²) in [6, 6.07) is 6.99. The Morgan fingerprint density at radius 2 is 2.00 bits per heavy atom. The second-order valence-corrected chi connectivity index (χ2v) is 6.98. The van der Waals surface area contributed by atoms with Gasteiger partial charge in [-0.3, -0.25) is 0 Å². The lowest BCUT2D eigenvalue weighted by Crippen LogP contribution is -2.42. The van der Waals surface area contributed by atoms with E-state index in [0.717, 1.165) is 0 Å². The Bertz CT molecular complexity index is 834. The zero-order chi connectivity index (χ0) is 20.0. The van der Waals surface area contributed by atoms with Crippen molar-refractivity contribution in [3.63, 3.8) is 0 Å². The fraction of sp³-hybridized carbons (Fsp3) is 0.316. The van der Waals surface area contributed by atoms with E-state index < -0.39 is 11.6 Å². The Labute approximate surface area is 163 Å². The number of ether oxygens (including phenoxy) is 2. The first-order valence-electron chi connectivity index (χ1n) is 8.40. The van der Waals surface area contributed by atoms with Gasteiger partial charge < -0.3 is 20.1 Å². The molecule has 8 heteroatoms. The third kappa shape index (κ3) is 6.14. The highest BCUT2D eigenvalue weighted by Gasteiger charge is 2.18. The smallest absolute Gasteiger partial charge is 0.413 e. The number of nitrogens with zero attached hydrogens (tertiary/aromatic N) is 2. The van der Waals surface area contributed by atoms with Crippen molar-refractivity contribution in [1.82, 2.24) is 15.3 Å². The van der Waals surface area contributed by atoms with Crippen molar-refractivity contribution in [3.05, 3.63) is 47.9 Å². The van der Waals surface area contributed by atoms with Crippen molar-refractivity contribution in [2.24, 2.45) is 0 Å². The number of carbonyl (C=O) groups is 1. The molecular weight excluding hydrogens is 368 g/mol. The van der Waals surface area contributed by atoms with Crippen LogP contribution in [0.1, 0.15) is 33.3 Å². The maximum Gasteiger partial charge on any atom is 0.413 e. The van der Waals surface area contributed by atoms with Gasteiger partial charge in [0.05, 0.1) is 17.9 Å². The van der Waals surface area contributed by atoms with Gasteiger partial charge in [0.25, 0.3) is 0 Å². The summed E-state index contributed by atoms with van der Waals surface area (Å²) in [5.74, 6) is 1.13. The summed E-state index contributed by atoms with van der Waals surface area (Å²) < 4.78 is 10.9. The van der Waals surface area contributed by atoms with Crippen LogP contribution in [0.4, 0.5) is 16.3 Å². The Balaban J connectivity index is 2.30. The number of rotatable bonds is 6. The molecule has 1 heterocycles. The molecule has 0 spiro atoms. The third-order valence-electron chi connectivity index (χ3n) is 3.20. The molecule has 0 saturated heterocycles. The van der Waals surface area contributed by atoms with Crippen LogP contribution < -0.4 is 15.4 Å². The SMILES string of the molecule is C=C(OCC)c1cnc(Cl)nc1Nc1ccccc1OC(=O)NC(C)(C)C. The molecule has 2 aromatic rings. The minimum atomic E-state index is -0.559. The summed E-state index contributed by atoms with van der Waals surface area (Å²) in [4.78, 5) is 20.3. The van der Waals surface area contributed by atoms with E-state index in [1.54, 1.807) is 24.3 Å². The quantitative estimate of drug-likeness (QED) is 0.546. The molecule has 144 valence electrons. The first-order chi connectivity index (χ1) is 12.7. The van der Waals surface area contributed by atoms with Crippen molar-refractivity contribution in [3.8, 4) is 5.75 Å². The molecule has 0 atom stereocenters. The van der Waals surface area contributed by atoms with Crippen molar-refractivity contribution < 1.29 is 14.3 Å². The highest BCUT2D eigenvalue weighted by molar-refractivity contribution is 6.28. The van der Waals surface area contributed by atoms with Gasteiger partial charge in [-0.05, 0) is 51.4 Å². The average Bonchev–Trinajstić information content (AvgIpc) is 2.55. The molecule has 0 fully saturated rings. The van der Waals surface area contributed by atoms with Crippen LogP contribution in [0.5, 0.6) is 5.75 Å². The molecule has 1 aromatic carbocycles. The van der Waals surface area contributed by atoms with Gasteiger partial charge in [0, 0.05) is 11.7 Å². The summed E-state index contributed by atoms with van der Waals surface area (Å²) in [7, 11) is 0. The lowest BCUT2D eigenvalue weighted by Gasteiger charge is -2.21. The monoisotopic (exact) mass is 390 g/mol. The molecule has 2 N–H and O–H groups in total. The predicted octanol–water partition coefficient (Wildman–Crippen LogP) is 4.77. The Morgan fingerprint density at radius 3 is 2.67 bits per heavy atom. The first-order valence-corrected chi connectivity index (χ1v) is 8.78. The molecule has 1 amide bonds. The van der Waals surface area contributed by atoms with Crippen molar-refractivity contribution in [2.45, 2.75) is 33.2 Å². The van der Waals surface area contributed by atoms with Gasteiger partial charge in [0.2, 0.25) is 5.28 Å². The van der Waals surface area contributed by atoms with E-state index in [1.165, 1.54) is 6.20 Å². The molecule has 0 bridgehead atoms. The molecule has 0 saturated carbocycles. The second-order valence-electron chi connectivity index (χ2n) is 6.64. The molecule has 0 radical (unpaired) electrons. The molecule has 0 aliphatic carbocycles. The fourth-order valence-electron chi connectivity index (χ4n) is 2.13. The van der Waals surface area contributed by atoms with Crippen LogP contribution in [0.3, 0.4) is 0 Å². The maximum absolute atomic E-state index is 12.1. The van der Waals surface area contributed by atoms with E-state index in [-0.39, 0.29) is 5.28 Å². The molecular formula is C19H23ClN4O3. The number of nitrogens with one attached hydrogen (secondary N) is 2. The van der Waals surface area contributed by atoms with E-state index in [1.807, 2.05) is 27.7 Å². The van der Waals surface area contributed by atoms with Gasteiger partial charge in [-0.25, -0.2) is 9.78 Å². The third-order valence-corrected chi connectivity index (χ3v) is 3.38. The second kappa shape index (κ2) is 8.73. The zero-order valence-electron chi connectivity index (χ0n) is 15.8. The van der Waals surface area contributed by atoms with E-state index in [4.69, 9.17) is 21.1 Å². The predicted molar refractivity (Wildman–Crippen MR) is 106 cm³/mol. The summed E-state index contributed by atoms with van der Waals surface area (Å²) >= 11 is 5.93. The Kier molecular flexibility index (Phi) is 6.63. The molecule has 1 aromatic heterocycles. The van der Waals surface area contributed by atoms with Crippen LogP contribution in [0.25, 0.3) is 5.76 Å². The van der Waals surface area contributed by atoms with Crippen molar-refractivity contribution in [1.29, 1.82) is 0 Å². The van der Waals surface area contributed by atoms with E-state index >= 15 is 0 Å². The van der Waals surface area contributed by atoms with E-state index in [0.29, 0.717) is 35.2 Å². The summed E-state index contributed by atoms with van der Waals surface area (Å²) in [5.41, 5.74) is 0.666. The van der Waals surface area contributed by atoms with Gasteiger partial charge in [0.15, 0.2) is 5.75 Å². The number of anilines is 2. The number of benzene rings is 1. The van der Waals surface area contributed by atoms with Gasteiger partial charge in [0.1, 0.15) is 11.6 Å². The standard InChI is InChI=1S/C19H23ClN4O3/c1-6-26-12(2)13-11-21-17(20)23-16(13)22-14-9-7-8-10-15(14)27-18(25)24-19(3,4)5/h7-11H,2,6H2,1,3-5H3,(H,24,25)(H,21,22,23). The number of carbonyl (C=O) groups excluding carboxylic acids is 1.